The normalized spacial score (nSPS) is 11.2. The molecule has 1 amide bonds. The Kier molecular flexibility index (Phi) is 4.84. The van der Waals surface area contributed by atoms with Crippen molar-refractivity contribution in [1.29, 1.82) is 0 Å². The van der Waals surface area contributed by atoms with Crippen molar-refractivity contribution in [2.75, 3.05) is 5.75 Å². The van der Waals surface area contributed by atoms with Crippen LogP contribution in [0.3, 0.4) is 0 Å². The van der Waals surface area contributed by atoms with Crippen molar-refractivity contribution in [2.45, 2.75) is 5.03 Å². The van der Waals surface area contributed by atoms with Crippen molar-refractivity contribution in [2.24, 2.45) is 5.10 Å². The third-order valence-corrected chi connectivity index (χ3v) is 4.04. The molecular weight excluding hydrogens is 336 g/mol. The lowest BCUT2D eigenvalue weighted by Crippen LogP contribution is -2.19. The number of halogens is 1. The molecule has 0 unspecified atom stereocenters. The van der Waals surface area contributed by atoms with Gasteiger partial charge in [-0.25, -0.2) is 20.4 Å². The van der Waals surface area contributed by atoms with E-state index in [-0.39, 0.29) is 11.7 Å². The zero-order valence-corrected chi connectivity index (χ0v) is 13.3. The molecule has 2 N–H and O–H groups in total. The van der Waals surface area contributed by atoms with Gasteiger partial charge < -0.3 is 4.98 Å². The Hall–Kier alpha value is -2.45. The summed E-state index contributed by atoms with van der Waals surface area (Å²) in [5.41, 5.74) is 4.60. The molecule has 0 aliphatic carbocycles. The first-order valence-electron chi connectivity index (χ1n) is 6.57. The number of aromatic nitrogens is 4. The number of H-pyrrole nitrogens is 1. The number of hydrazone groups is 1. The Morgan fingerprint density at radius 3 is 2.96 bits per heavy atom. The first-order chi connectivity index (χ1) is 11.2. The van der Waals surface area contributed by atoms with Crippen LogP contribution in [-0.4, -0.2) is 37.8 Å². The van der Waals surface area contributed by atoms with Crippen LogP contribution in [0.15, 0.2) is 47.0 Å². The number of imidazole rings is 1. The number of carbonyl (C=O) groups excluding carboxylic acids is 1. The summed E-state index contributed by atoms with van der Waals surface area (Å²) in [5, 5.41) is 5.22. The molecule has 23 heavy (non-hydrogen) atoms. The van der Waals surface area contributed by atoms with E-state index in [4.69, 9.17) is 11.6 Å². The fourth-order valence-corrected chi connectivity index (χ4v) is 2.62. The van der Waals surface area contributed by atoms with Crippen LogP contribution < -0.4 is 5.43 Å². The Bertz CT molecular complexity index is 848. The number of nitrogens with zero attached hydrogens (tertiary/aromatic N) is 4. The third-order valence-electron chi connectivity index (χ3n) is 2.80. The van der Waals surface area contributed by atoms with Gasteiger partial charge in [-0.15, -0.1) is 0 Å². The summed E-state index contributed by atoms with van der Waals surface area (Å²) in [5.74, 6) is -0.0465. The highest BCUT2D eigenvalue weighted by Gasteiger charge is 2.08. The largest absolute Gasteiger partial charge is 0.341 e. The lowest BCUT2D eigenvalue weighted by Gasteiger charge is -2.01. The van der Waals surface area contributed by atoms with Crippen LogP contribution in [0.1, 0.15) is 5.56 Å². The number of hydrogen-bond acceptors (Lipinski definition) is 6. The van der Waals surface area contributed by atoms with Gasteiger partial charge in [-0.1, -0.05) is 35.5 Å². The van der Waals surface area contributed by atoms with E-state index in [1.54, 1.807) is 24.7 Å². The number of nitrogens with one attached hydrogen (secondary N) is 2. The molecule has 9 heteroatoms. The maximum Gasteiger partial charge on any atom is 0.250 e. The van der Waals surface area contributed by atoms with Gasteiger partial charge in [0.25, 0.3) is 0 Å². The molecule has 7 nitrogen and oxygen atoms in total. The fraction of sp³-hybridized carbons (Fsp3) is 0.0714. The van der Waals surface area contributed by atoms with Crippen LogP contribution in [0.25, 0.3) is 11.2 Å². The average molecular weight is 347 g/mol. The first kappa shape index (κ1) is 15.4. The van der Waals surface area contributed by atoms with Gasteiger partial charge in [0.05, 0.1) is 18.3 Å². The number of benzene rings is 1. The molecule has 0 aliphatic rings. The first-order valence-corrected chi connectivity index (χ1v) is 7.93. The van der Waals surface area contributed by atoms with E-state index in [2.05, 4.69) is 30.5 Å². The molecule has 0 spiro atoms. The summed E-state index contributed by atoms with van der Waals surface area (Å²) < 4.78 is 0. The van der Waals surface area contributed by atoms with Crippen molar-refractivity contribution < 1.29 is 4.79 Å². The Labute approximate surface area is 140 Å². The maximum absolute atomic E-state index is 11.8. The van der Waals surface area contributed by atoms with E-state index in [9.17, 15) is 4.79 Å². The van der Waals surface area contributed by atoms with Gasteiger partial charge in [0, 0.05) is 5.02 Å². The average Bonchev–Trinajstić information content (AvgIpc) is 3.04. The number of fused-ring (bicyclic) bond motifs is 1. The van der Waals surface area contributed by atoms with E-state index < -0.39 is 0 Å². The van der Waals surface area contributed by atoms with Crippen molar-refractivity contribution in [3.05, 3.63) is 47.5 Å². The van der Waals surface area contributed by atoms with Crippen LogP contribution in [0.2, 0.25) is 5.02 Å². The molecule has 116 valence electrons. The van der Waals surface area contributed by atoms with Crippen LogP contribution in [0.4, 0.5) is 0 Å². The Balaban J connectivity index is 1.53. The molecule has 0 saturated heterocycles. The number of thioether (sulfide) groups is 1. The van der Waals surface area contributed by atoms with Gasteiger partial charge in [-0.2, -0.15) is 5.10 Å². The SMILES string of the molecule is O=C(CSc1ncnc2nc[nH]c12)NN=Cc1ccc(Cl)cc1. The van der Waals surface area contributed by atoms with Gasteiger partial charge in [-0.05, 0) is 17.7 Å². The zero-order valence-electron chi connectivity index (χ0n) is 11.7. The van der Waals surface area contributed by atoms with Gasteiger partial charge in [0.15, 0.2) is 5.65 Å². The molecule has 3 aromatic rings. The second kappa shape index (κ2) is 7.21. The summed E-state index contributed by atoms with van der Waals surface area (Å²) in [7, 11) is 0. The van der Waals surface area contributed by atoms with Crippen LogP contribution >= 0.6 is 23.4 Å². The quantitative estimate of drug-likeness (QED) is 0.320. The molecule has 0 atom stereocenters. The van der Waals surface area contributed by atoms with Gasteiger partial charge in [-0.3, -0.25) is 4.79 Å². The summed E-state index contributed by atoms with van der Waals surface area (Å²) in [6.07, 6.45) is 4.51. The molecular formula is C14H11ClN6OS. The number of aromatic amines is 1. The molecule has 0 fully saturated rings. The summed E-state index contributed by atoms with van der Waals surface area (Å²) >= 11 is 7.08. The predicted octanol–water partition coefficient (Wildman–Crippen LogP) is 2.25. The van der Waals surface area contributed by atoms with Gasteiger partial charge in [0.1, 0.15) is 16.9 Å². The monoisotopic (exact) mass is 346 g/mol. The van der Waals surface area contributed by atoms with Crippen molar-refractivity contribution >= 4 is 46.6 Å². The van der Waals surface area contributed by atoms with Gasteiger partial charge >= 0.3 is 0 Å². The van der Waals surface area contributed by atoms with E-state index in [1.807, 2.05) is 12.1 Å². The highest BCUT2D eigenvalue weighted by molar-refractivity contribution is 8.00. The number of carbonyl (C=O) groups is 1. The second-order valence-electron chi connectivity index (χ2n) is 4.41. The zero-order chi connectivity index (χ0) is 16.1. The van der Waals surface area contributed by atoms with Crippen molar-refractivity contribution in [3.8, 4) is 0 Å². The number of rotatable bonds is 5. The van der Waals surface area contributed by atoms with Crippen LogP contribution in [-0.2, 0) is 4.79 Å². The highest BCUT2D eigenvalue weighted by atomic mass is 35.5. The highest BCUT2D eigenvalue weighted by Crippen LogP contribution is 2.21. The Morgan fingerprint density at radius 1 is 1.30 bits per heavy atom. The standard InChI is InChI=1S/C14H11ClN6OS/c15-10-3-1-9(2-4-10)5-20-21-11(22)6-23-14-12-13(17-7-16-12)18-8-19-14/h1-5,7-8H,6H2,(H,21,22)(H,16,17,18,19). The van der Waals surface area contributed by atoms with Crippen molar-refractivity contribution in [1.82, 2.24) is 25.4 Å². The maximum atomic E-state index is 11.8. The molecule has 1 aromatic carbocycles. The number of hydrogen-bond donors (Lipinski definition) is 2. The molecule has 0 bridgehead atoms. The molecule has 3 rings (SSSR count). The van der Waals surface area contributed by atoms with Crippen LogP contribution in [0.5, 0.6) is 0 Å². The van der Waals surface area contributed by atoms with E-state index in [0.29, 0.717) is 15.7 Å². The smallest absolute Gasteiger partial charge is 0.250 e. The lowest BCUT2D eigenvalue weighted by atomic mass is 10.2. The van der Waals surface area contributed by atoms with E-state index in [1.165, 1.54) is 18.1 Å². The minimum atomic E-state index is -0.230. The summed E-state index contributed by atoms with van der Waals surface area (Å²) in [4.78, 5) is 26.9. The summed E-state index contributed by atoms with van der Waals surface area (Å²) in [6.45, 7) is 0. The van der Waals surface area contributed by atoms with Crippen LogP contribution in [0, 0.1) is 0 Å². The topological polar surface area (TPSA) is 95.9 Å². The lowest BCUT2D eigenvalue weighted by molar-refractivity contribution is -0.118. The van der Waals surface area contributed by atoms with Crippen molar-refractivity contribution in [3.63, 3.8) is 0 Å². The minimum Gasteiger partial charge on any atom is -0.341 e. The van der Waals surface area contributed by atoms with E-state index >= 15 is 0 Å². The fourth-order valence-electron chi connectivity index (χ4n) is 1.75. The predicted molar refractivity (Wildman–Crippen MR) is 89.6 cm³/mol. The Morgan fingerprint density at radius 2 is 2.13 bits per heavy atom. The molecule has 2 aromatic heterocycles. The summed E-state index contributed by atoms with van der Waals surface area (Å²) in [6, 6.07) is 7.13. The molecule has 0 aliphatic heterocycles. The molecule has 2 heterocycles. The van der Waals surface area contributed by atoms with Gasteiger partial charge in [0.2, 0.25) is 5.91 Å². The molecule has 0 radical (unpaired) electrons. The second-order valence-corrected chi connectivity index (χ2v) is 5.81. The third kappa shape index (κ3) is 4.05. The molecule has 0 saturated carbocycles. The number of amides is 1. The van der Waals surface area contributed by atoms with E-state index in [0.717, 1.165) is 11.1 Å². The minimum absolute atomic E-state index is 0.184.